The van der Waals surface area contributed by atoms with Gasteiger partial charge in [0.05, 0.1) is 5.71 Å². The zero-order chi connectivity index (χ0) is 17.7. The van der Waals surface area contributed by atoms with E-state index in [0.29, 0.717) is 17.9 Å². The molecular weight excluding hydrogens is 304 g/mol. The summed E-state index contributed by atoms with van der Waals surface area (Å²) in [6.07, 6.45) is 0.0718. The number of hydrogen-bond donors (Lipinski definition) is 2. The largest absolute Gasteiger partial charge is 0.412 e. The van der Waals surface area contributed by atoms with E-state index in [0.717, 1.165) is 27.8 Å². The number of nitrogens with zero attached hydrogens (tertiary/aromatic N) is 1. The van der Waals surface area contributed by atoms with Crippen LogP contribution in [0.3, 0.4) is 0 Å². The number of ether oxygens (including phenoxy) is 1. The van der Waals surface area contributed by atoms with Gasteiger partial charge in [0.15, 0.2) is 0 Å². The molecule has 2 rings (SSSR count). The first-order chi connectivity index (χ1) is 11.5. The molecule has 0 aliphatic rings. The third-order valence-corrected chi connectivity index (χ3v) is 4.10. The number of aryl methyl sites for hydroxylation is 1. The predicted molar refractivity (Wildman–Crippen MR) is 94.2 cm³/mol. The van der Waals surface area contributed by atoms with E-state index < -0.39 is 6.09 Å². The Morgan fingerprint density at radius 1 is 1.17 bits per heavy atom. The summed E-state index contributed by atoms with van der Waals surface area (Å²) < 4.78 is 5.48. The minimum atomic E-state index is -0.494. The topological polar surface area (TPSA) is 70.9 Å². The molecule has 5 nitrogen and oxygen atoms in total. The van der Waals surface area contributed by atoms with Crippen LogP contribution in [0.4, 0.5) is 4.79 Å². The second-order valence-corrected chi connectivity index (χ2v) is 5.65. The van der Waals surface area contributed by atoms with Crippen LogP contribution in [0, 0.1) is 13.8 Å². The minimum Gasteiger partial charge on any atom is -0.411 e. The number of carbonyl (C=O) groups excluding carboxylic acids is 1. The maximum atomic E-state index is 11.7. The van der Waals surface area contributed by atoms with Crippen LogP contribution in [0.15, 0.2) is 41.6 Å². The Kier molecular flexibility index (Phi) is 5.58. The second kappa shape index (κ2) is 7.64. The highest BCUT2D eigenvalue weighted by atomic mass is 16.6. The first-order valence-corrected chi connectivity index (χ1v) is 7.73. The summed E-state index contributed by atoms with van der Waals surface area (Å²) in [6.45, 7) is 5.66. The van der Waals surface area contributed by atoms with Gasteiger partial charge in [-0.1, -0.05) is 41.6 Å². The summed E-state index contributed by atoms with van der Waals surface area (Å²) in [4.78, 5) is 11.7. The van der Waals surface area contributed by atoms with E-state index in [4.69, 9.17) is 9.94 Å². The van der Waals surface area contributed by atoms with Gasteiger partial charge in [-0.2, -0.15) is 0 Å². The molecule has 0 heterocycles. The third-order valence-electron chi connectivity index (χ3n) is 4.10. The fourth-order valence-corrected chi connectivity index (χ4v) is 2.56. The summed E-state index contributed by atoms with van der Waals surface area (Å²) in [5.74, 6) is 0.572. The van der Waals surface area contributed by atoms with Gasteiger partial charge in [0.1, 0.15) is 5.75 Å². The highest BCUT2D eigenvalue weighted by Gasteiger charge is 2.15. The Hall–Kier alpha value is -2.82. The number of oxime groups is 1. The SMILES string of the molecule is CNC(=O)Oc1c(Cc2ccccc2C(C)=NO)ccc(C)c1C. The lowest BCUT2D eigenvalue weighted by Crippen LogP contribution is -2.23. The van der Waals surface area contributed by atoms with Crippen molar-refractivity contribution in [3.63, 3.8) is 0 Å². The monoisotopic (exact) mass is 326 g/mol. The Bertz CT molecular complexity index is 782. The number of benzene rings is 2. The molecule has 1 amide bonds. The van der Waals surface area contributed by atoms with Crippen LogP contribution in [0.25, 0.3) is 0 Å². The van der Waals surface area contributed by atoms with Crippen molar-refractivity contribution in [2.75, 3.05) is 7.05 Å². The molecule has 0 saturated carbocycles. The molecule has 0 aromatic heterocycles. The Morgan fingerprint density at radius 3 is 2.54 bits per heavy atom. The van der Waals surface area contributed by atoms with Gasteiger partial charge in [0.2, 0.25) is 0 Å². The van der Waals surface area contributed by atoms with Gasteiger partial charge >= 0.3 is 6.09 Å². The molecule has 2 aromatic carbocycles. The standard InChI is InChI=1S/C19H22N2O3/c1-12-9-10-16(18(13(12)2)24-19(22)20-4)11-15-7-5-6-8-17(15)14(3)21-23/h5-10,23H,11H2,1-4H3,(H,20,22). The van der Waals surface area contributed by atoms with Crippen LogP contribution in [-0.2, 0) is 6.42 Å². The van der Waals surface area contributed by atoms with Crippen molar-refractivity contribution in [2.24, 2.45) is 5.16 Å². The summed E-state index contributed by atoms with van der Waals surface area (Å²) in [5, 5.41) is 14.8. The number of nitrogens with one attached hydrogen (secondary N) is 1. The number of rotatable bonds is 4. The van der Waals surface area contributed by atoms with Crippen molar-refractivity contribution in [1.82, 2.24) is 5.32 Å². The lowest BCUT2D eigenvalue weighted by molar-refractivity contribution is 0.202. The van der Waals surface area contributed by atoms with E-state index in [-0.39, 0.29) is 0 Å². The maximum absolute atomic E-state index is 11.7. The van der Waals surface area contributed by atoms with Crippen LogP contribution in [0.1, 0.15) is 34.7 Å². The molecule has 0 aliphatic heterocycles. The molecule has 24 heavy (non-hydrogen) atoms. The summed E-state index contributed by atoms with van der Waals surface area (Å²) >= 11 is 0. The molecule has 2 aromatic rings. The van der Waals surface area contributed by atoms with E-state index in [1.54, 1.807) is 6.92 Å². The van der Waals surface area contributed by atoms with Gasteiger partial charge in [-0.3, -0.25) is 0 Å². The number of hydrogen-bond acceptors (Lipinski definition) is 4. The van der Waals surface area contributed by atoms with Gasteiger partial charge in [-0.05, 0) is 43.0 Å². The van der Waals surface area contributed by atoms with E-state index in [9.17, 15) is 4.79 Å². The average molecular weight is 326 g/mol. The molecule has 0 unspecified atom stereocenters. The highest BCUT2D eigenvalue weighted by molar-refractivity contribution is 5.99. The van der Waals surface area contributed by atoms with Crippen molar-refractivity contribution in [1.29, 1.82) is 0 Å². The Morgan fingerprint density at radius 2 is 1.88 bits per heavy atom. The molecule has 2 N–H and O–H groups in total. The van der Waals surface area contributed by atoms with Gasteiger partial charge in [0, 0.05) is 19.0 Å². The maximum Gasteiger partial charge on any atom is 0.412 e. The third kappa shape index (κ3) is 3.74. The molecule has 0 bridgehead atoms. The van der Waals surface area contributed by atoms with Crippen LogP contribution in [-0.4, -0.2) is 24.1 Å². The Labute approximate surface area is 142 Å². The smallest absolute Gasteiger partial charge is 0.411 e. The van der Waals surface area contributed by atoms with E-state index >= 15 is 0 Å². The van der Waals surface area contributed by atoms with Gasteiger partial charge < -0.3 is 15.3 Å². The molecule has 5 heteroatoms. The molecule has 0 saturated heterocycles. The van der Waals surface area contributed by atoms with Crippen molar-refractivity contribution in [2.45, 2.75) is 27.2 Å². The molecule has 0 spiro atoms. The molecule has 0 atom stereocenters. The summed E-state index contributed by atoms with van der Waals surface area (Å²) in [7, 11) is 1.53. The zero-order valence-electron chi connectivity index (χ0n) is 14.4. The summed E-state index contributed by atoms with van der Waals surface area (Å²) in [5.41, 5.74) is 5.30. The highest BCUT2D eigenvalue weighted by Crippen LogP contribution is 2.29. The van der Waals surface area contributed by atoms with Crippen LogP contribution in [0.5, 0.6) is 5.75 Å². The fraction of sp³-hybridized carbons (Fsp3) is 0.263. The zero-order valence-corrected chi connectivity index (χ0v) is 14.4. The van der Waals surface area contributed by atoms with Gasteiger partial charge in [0.25, 0.3) is 0 Å². The van der Waals surface area contributed by atoms with Crippen molar-refractivity contribution < 1.29 is 14.7 Å². The quantitative estimate of drug-likeness (QED) is 0.510. The minimum absolute atomic E-state index is 0.494. The van der Waals surface area contributed by atoms with Crippen molar-refractivity contribution in [3.8, 4) is 5.75 Å². The molecule has 0 radical (unpaired) electrons. The second-order valence-electron chi connectivity index (χ2n) is 5.65. The van der Waals surface area contributed by atoms with Crippen molar-refractivity contribution in [3.05, 3.63) is 64.2 Å². The number of carbonyl (C=O) groups is 1. The average Bonchev–Trinajstić information content (AvgIpc) is 2.60. The fourth-order valence-electron chi connectivity index (χ4n) is 2.56. The first kappa shape index (κ1) is 17.5. The number of amides is 1. The van der Waals surface area contributed by atoms with E-state index in [1.807, 2.05) is 50.2 Å². The van der Waals surface area contributed by atoms with Crippen LogP contribution >= 0.6 is 0 Å². The first-order valence-electron chi connectivity index (χ1n) is 7.73. The van der Waals surface area contributed by atoms with Crippen molar-refractivity contribution >= 4 is 11.8 Å². The Balaban J connectivity index is 2.48. The van der Waals surface area contributed by atoms with Crippen LogP contribution in [0.2, 0.25) is 0 Å². The summed E-state index contributed by atoms with van der Waals surface area (Å²) in [6, 6.07) is 11.7. The molecule has 0 aliphatic carbocycles. The van der Waals surface area contributed by atoms with Gasteiger partial charge in [-0.25, -0.2) is 4.79 Å². The lowest BCUT2D eigenvalue weighted by Gasteiger charge is -2.16. The molecule has 126 valence electrons. The molecular formula is C19H22N2O3. The van der Waals surface area contributed by atoms with Crippen LogP contribution < -0.4 is 10.1 Å². The van der Waals surface area contributed by atoms with E-state index in [1.165, 1.54) is 7.05 Å². The predicted octanol–water partition coefficient (Wildman–Crippen LogP) is 3.81. The van der Waals surface area contributed by atoms with Gasteiger partial charge in [-0.15, -0.1) is 0 Å². The lowest BCUT2D eigenvalue weighted by atomic mass is 9.94. The molecule has 0 fully saturated rings. The van der Waals surface area contributed by atoms with E-state index in [2.05, 4.69) is 10.5 Å². The normalized spacial score (nSPS) is 11.2.